The molecule has 2 fully saturated rings. The van der Waals surface area contributed by atoms with Crippen molar-refractivity contribution in [3.05, 3.63) is 77.9 Å². The molecule has 3 aliphatic carbocycles. The van der Waals surface area contributed by atoms with Crippen LogP contribution in [0.4, 0.5) is 5.69 Å². The minimum Gasteiger partial charge on any atom is -0.374 e. The Bertz CT molecular complexity index is 924. The van der Waals surface area contributed by atoms with Gasteiger partial charge in [-0.05, 0) is 124 Å². The van der Waals surface area contributed by atoms with E-state index in [1.165, 1.54) is 67.2 Å². The molecule has 40 heavy (non-hydrogen) atoms. The molecular formula is C37H63NS2. The van der Waals surface area contributed by atoms with Crippen LogP contribution in [0.25, 0.3) is 0 Å². The van der Waals surface area contributed by atoms with Gasteiger partial charge in [-0.1, -0.05) is 95.7 Å². The molecule has 1 nitrogen and oxygen atoms in total. The Labute approximate surface area is 260 Å². The van der Waals surface area contributed by atoms with Gasteiger partial charge < -0.3 is 5.32 Å². The number of nitrogens with one attached hydrogen (secondary N) is 1. The average molecular weight is 586 g/mol. The van der Waals surface area contributed by atoms with Gasteiger partial charge in [-0.2, -0.15) is 24.4 Å². The maximum Gasteiger partial charge on any atom is 0.0721 e. The summed E-state index contributed by atoms with van der Waals surface area (Å²) in [7, 11) is 0. The zero-order chi connectivity index (χ0) is 30.9. The van der Waals surface area contributed by atoms with Gasteiger partial charge in [0.25, 0.3) is 0 Å². The molecule has 1 aromatic carbocycles. The van der Waals surface area contributed by atoms with Gasteiger partial charge in [-0.3, -0.25) is 0 Å². The molecule has 0 bridgehead atoms. The van der Waals surface area contributed by atoms with Gasteiger partial charge in [0.05, 0.1) is 6.04 Å². The lowest BCUT2D eigenvalue weighted by Gasteiger charge is -2.55. The number of thioether (sulfide) groups is 1. The SMILES string of the molecule is C=C1CCC2C(C)(C)CCCC2(CC)C1.C=C1CCC=C1C(Nc1ccc(C)cc1)C(=C)C.CC.CS.CSC. The number of fused-ring (bicyclic) bond motifs is 1. The first-order chi connectivity index (χ1) is 19.0. The largest absolute Gasteiger partial charge is 0.374 e. The molecule has 0 aliphatic heterocycles. The van der Waals surface area contributed by atoms with Crippen LogP contribution >= 0.6 is 24.4 Å². The lowest BCUT2D eigenvalue weighted by Crippen LogP contribution is -2.45. The molecule has 3 atom stereocenters. The van der Waals surface area contributed by atoms with Gasteiger partial charge in [0.2, 0.25) is 0 Å². The van der Waals surface area contributed by atoms with E-state index in [0.29, 0.717) is 10.8 Å². The van der Waals surface area contributed by atoms with Gasteiger partial charge in [-0.25, -0.2) is 0 Å². The van der Waals surface area contributed by atoms with Crippen LogP contribution < -0.4 is 5.32 Å². The highest BCUT2D eigenvalue weighted by Gasteiger charge is 2.49. The highest BCUT2D eigenvalue weighted by Crippen LogP contribution is 2.60. The van der Waals surface area contributed by atoms with Crippen molar-refractivity contribution in [1.82, 2.24) is 0 Å². The van der Waals surface area contributed by atoms with Gasteiger partial charge >= 0.3 is 0 Å². The molecule has 1 aromatic rings. The van der Waals surface area contributed by atoms with Gasteiger partial charge in [0.15, 0.2) is 0 Å². The molecule has 0 radical (unpaired) electrons. The van der Waals surface area contributed by atoms with E-state index in [-0.39, 0.29) is 6.04 Å². The van der Waals surface area contributed by atoms with Crippen molar-refractivity contribution in [2.45, 2.75) is 112 Å². The first-order valence-corrected chi connectivity index (χ1v) is 17.9. The molecule has 3 aliphatic rings. The molecule has 0 amide bonds. The van der Waals surface area contributed by atoms with E-state index in [2.05, 4.69) is 103 Å². The number of benzene rings is 1. The molecule has 0 spiro atoms. The fourth-order valence-corrected chi connectivity index (χ4v) is 6.76. The summed E-state index contributed by atoms with van der Waals surface area (Å²) in [5, 5.41) is 3.55. The zero-order valence-electron chi connectivity index (χ0n) is 27.9. The van der Waals surface area contributed by atoms with Crippen LogP contribution in [0.5, 0.6) is 0 Å². The van der Waals surface area contributed by atoms with Crippen molar-refractivity contribution in [2.75, 3.05) is 24.1 Å². The third kappa shape index (κ3) is 11.5. The number of allylic oxidation sites excluding steroid dienone is 2. The van der Waals surface area contributed by atoms with E-state index in [1.54, 1.807) is 18.0 Å². The third-order valence-electron chi connectivity index (χ3n) is 8.66. The van der Waals surface area contributed by atoms with Crippen LogP contribution in [0.15, 0.2) is 72.4 Å². The molecule has 0 heterocycles. The highest BCUT2D eigenvalue weighted by atomic mass is 32.2. The summed E-state index contributed by atoms with van der Waals surface area (Å²) in [6, 6.07) is 8.65. The summed E-state index contributed by atoms with van der Waals surface area (Å²) in [6.45, 7) is 28.0. The van der Waals surface area contributed by atoms with E-state index < -0.39 is 0 Å². The maximum atomic E-state index is 4.25. The molecule has 3 heteroatoms. The number of aryl methyl sites for hydroxylation is 1. The topological polar surface area (TPSA) is 12.0 Å². The Morgan fingerprint density at radius 3 is 2.12 bits per heavy atom. The third-order valence-corrected chi connectivity index (χ3v) is 8.66. The fourth-order valence-electron chi connectivity index (χ4n) is 6.76. The Kier molecular flexibility index (Phi) is 19.1. The summed E-state index contributed by atoms with van der Waals surface area (Å²) in [5.41, 5.74) is 8.80. The standard InChI is InChI=1S/C17H21N.C15H26.C2H6S.C2H6.CH4S/c1-12(2)17(16-7-5-6-14(16)4)18-15-10-8-13(3)9-11-15;1-5-15-10-6-9-14(3,4)13(15)8-7-12(2)11-15;1-3-2;2*1-2/h7-11,17-18H,1,4-6H2,2-3H3;13H,2,5-11H2,1,3-4H3;1-2H3;1-2H3;2H,1H3. The van der Waals surface area contributed by atoms with Gasteiger partial charge in [0.1, 0.15) is 0 Å². The van der Waals surface area contributed by atoms with Crippen LogP contribution in [-0.2, 0) is 0 Å². The molecule has 2 saturated carbocycles. The molecule has 228 valence electrons. The zero-order valence-corrected chi connectivity index (χ0v) is 29.6. The van der Waals surface area contributed by atoms with Crippen LogP contribution in [0.1, 0.15) is 105 Å². The Morgan fingerprint density at radius 2 is 1.65 bits per heavy atom. The Morgan fingerprint density at radius 1 is 1.07 bits per heavy atom. The van der Waals surface area contributed by atoms with Crippen LogP contribution in [-0.4, -0.2) is 24.8 Å². The van der Waals surface area contributed by atoms with Crippen molar-refractivity contribution in [3.8, 4) is 0 Å². The monoisotopic (exact) mass is 585 g/mol. The smallest absolute Gasteiger partial charge is 0.0721 e. The number of rotatable bonds is 5. The second-order valence-corrected chi connectivity index (χ2v) is 12.9. The molecule has 0 saturated heterocycles. The lowest BCUT2D eigenvalue weighted by atomic mass is 9.49. The normalized spacial score (nSPS) is 23.1. The second-order valence-electron chi connectivity index (χ2n) is 12.1. The molecule has 4 rings (SSSR count). The van der Waals surface area contributed by atoms with Crippen molar-refractivity contribution >= 4 is 30.1 Å². The van der Waals surface area contributed by atoms with Gasteiger partial charge in [-0.15, -0.1) is 0 Å². The van der Waals surface area contributed by atoms with Crippen LogP contribution in [0.3, 0.4) is 0 Å². The minimum absolute atomic E-state index is 0.183. The Hall–Kier alpha value is -1.32. The number of anilines is 1. The fraction of sp³-hybridized carbons (Fsp3) is 0.622. The Balaban J connectivity index is 0.000000628. The quantitative estimate of drug-likeness (QED) is 0.263. The average Bonchev–Trinajstić information content (AvgIpc) is 3.36. The maximum absolute atomic E-state index is 4.25. The highest BCUT2D eigenvalue weighted by molar-refractivity contribution is 7.97. The number of hydrogen-bond acceptors (Lipinski definition) is 3. The van der Waals surface area contributed by atoms with E-state index in [9.17, 15) is 0 Å². The van der Waals surface area contributed by atoms with E-state index >= 15 is 0 Å². The summed E-state index contributed by atoms with van der Waals surface area (Å²) < 4.78 is 0. The molecule has 0 aromatic heterocycles. The van der Waals surface area contributed by atoms with E-state index in [1.807, 2.05) is 26.4 Å². The van der Waals surface area contributed by atoms with Crippen molar-refractivity contribution in [1.29, 1.82) is 0 Å². The van der Waals surface area contributed by atoms with Gasteiger partial charge in [0, 0.05) is 5.69 Å². The predicted molar refractivity (Wildman–Crippen MR) is 192 cm³/mol. The first kappa shape index (κ1) is 38.7. The second kappa shape index (κ2) is 19.7. The summed E-state index contributed by atoms with van der Waals surface area (Å²) in [5.74, 6) is 0.953. The van der Waals surface area contributed by atoms with E-state index in [4.69, 9.17) is 0 Å². The van der Waals surface area contributed by atoms with Crippen molar-refractivity contribution in [2.24, 2.45) is 16.7 Å². The number of hydrogen-bond donors (Lipinski definition) is 2. The van der Waals surface area contributed by atoms with Crippen LogP contribution in [0.2, 0.25) is 0 Å². The van der Waals surface area contributed by atoms with Crippen molar-refractivity contribution < 1.29 is 0 Å². The van der Waals surface area contributed by atoms with Crippen LogP contribution in [0, 0.1) is 23.7 Å². The predicted octanol–water partition coefficient (Wildman–Crippen LogP) is 12.1. The summed E-state index contributed by atoms with van der Waals surface area (Å²) >= 11 is 5.28. The van der Waals surface area contributed by atoms with E-state index in [0.717, 1.165) is 30.0 Å². The molecule has 3 unspecified atom stereocenters. The summed E-state index contributed by atoms with van der Waals surface area (Å²) in [4.78, 5) is 0. The number of thiol groups is 1. The lowest BCUT2D eigenvalue weighted by molar-refractivity contribution is -0.0327. The molecular weight excluding hydrogens is 523 g/mol. The minimum atomic E-state index is 0.183. The first-order valence-electron chi connectivity index (χ1n) is 15.4. The van der Waals surface area contributed by atoms with Crippen molar-refractivity contribution in [3.63, 3.8) is 0 Å². The summed E-state index contributed by atoms with van der Waals surface area (Å²) in [6.07, 6.45) is 19.9. The molecule has 1 N–H and O–H groups in total.